The molecule has 114 valence electrons. The number of nitrogens with one attached hydrogen (secondary N) is 1. The van der Waals surface area contributed by atoms with E-state index in [2.05, 4.69) is 5.32 Å². The Morgan fingerprint density at radius 1 is 1.29 bits per heavy atom. The predicted molar refractivity (Wildman–Crippen MR) is 81.3 cm³/mol. The van der Waals surface area contributed by atoms with Gasteiger partial charge < -0.3 is 16.0 Å². The van der Waals surface area contributed by atoms with Crippen LogP contribution in [-0.4, -0.2) is 36.3 Å². The number of hydrogen-bond donors (Lipinski definition) is 2. The van der Waals surface area contributed by atoms with Gasteiger partial charge in [0.05, 0.1) is 0 Å². The first-order valence-electron chi connectivity index (χ1n) is 7.46. The molecule has 0 bridgehead atoms. The average Bonchev–Trinajstić information content (AvgIpc) is 2.97. The van der Waals surface area contributed by atoms with Gasteiger partial charge in [0, 0.05) is 25.9 Å². The van der Waals surface area contributed by atoms with Gasteiger partial charge in [0.25, 0.3) is 0 Å². The minimum Gasteiger partial charge on any atom is -0.370 e. The summed E-state index contributed by atoms with van der Waals surface area (Å²) in [6, 6.07) is 9.83. The van der Waals surface area contributed by atoms with Crippen molar-refractivity contribution < 1.29 is 9.59 Å². The molecule has 21 heavy (non-hydrogen) atoms. The second-order valence-corrected chi connectivity index (χ2v) is 5.58. The van der Waals surface area contributed by atoms with E-state index >= 15 is 0 Å². The summed E-state index contributed by atoms with van der Waals surface area (Å²) >= 11 is 0. The lowest BCUT2D eigenvalue weighted by atomic mass is 10.0. The molecule has 2 amide bonds. The maximum atomic E-state index is 12.5. The van der Waals surface area contributed by atoms with Crippen molar-refractivity contribution in [3.63, 3.8) is 0 Å². The molecule has 1 fully saturated rings. The summed E-state index contributed by atoms with van der Waals surface area (Å²) in [5.41, 5.74) is 6.28. The zero-order valence-electron chi connectivity index (χ0n) is 12.3. The number of primary amides is 1. The number of carbonyl (C=O) groups excluding carboxylic acids is 2. The highest BCUT2D eigenvalue weighted by Gasteiger charge is 2.22. The molecule has 0 spiro atoms. The first kappa shape index (κ1) is 15.5. The average molecular weight is 289 g/mol. The quantitative estimate of drug-likeness (QED) is 0.783. The van der Waals surface area contributed by atoms with E-state index in [0.29, 0.717) is 25.4 Å². The number of benzene rings is 1. The van der Waals surface area contributed by atoms with Crippen molar-refractivity contribution in [3.8, 4) is 0 Å². The van der Waals surface area contributed by atoms with Crippen LogP contribution in [0.2, 0.25) is 0 Å². The maximum absolute atomic E-state index is 12.5. The molecule has 1 atom stereocenters. The molecule has 1 aromatic rings. The lowest BCUT2D eigenvalue weighted by molar-refractivity contribution is -0.133. The van der Waals surface area contributed by atoms with Crippen molar-refractivity contribution in [2.24, 2.45) is 11.7 Å². The molecule has 5 heteroatoms. The number of nitrogens with two attached hydrogens (primary N) is 1. The van der Waals surface area contributed by atoms with Crippen LogP contribution in [0.5, 0.6) is 0 Å². The van der Waals surface area contributed by atoms with Gasteiger partial charge in [0.15, 0.2) is 0 Å². The lowest BCUT2D eigenvalue weighted by Crippen LogP contribution is -2.35. The van der Waals surface area contributed by atoms with Crippen LogP contribution in [0.3, 0.4) is 0 Å². The van der Waals surface area contributed by atoms with Crippen LogP contribution in [0.15, 0.2) is 30.3 Å². The van der Waals surface area contributed by atoms with Crippen LogP contribution in [0.25, 0.3) is 0 Å². The van der Waals surface area contributed by atoms with Gasteiger partial charge in [-0.05, 0) is 31.0 Å². The van der Waals surface area contributed by atoms with E-state index in [1.165, 1.54) is 0 Å². The van der Waals surface area contributed by atoms with E-state index in [1.54, 1.807) is 4.90 Å². The monoisotopic (exact) mass is 289 g/mol. The fourth-order valence-electron chi connectivity index (χ4n) is 2.61. The fourth-order valence-corrected chi connectivity index (χ4v) is 2.61. The largest absolute Gasteiger partial charge is 0.370 e. The third kappa shape index (κ3) is 5.19. The molecular formula is C16H23N3O2. The standard InChI is InChI=1S/C16H23N3O2/c17-15(20)7-9-19(12-13-4-2-1-3-5-13)16(21)10-14-6-8-18-11-14/h1-5,14,18H,6-12H2,(H2,17,20). The second kappa shape index (κ2) is 7.78. The van der Waals surface area contributed by atoms with Gasteiger partial charge in [-0.25, -0.2) is 0 Å². The Bertz CT molecular complexity index is 470. The molecule has 0 radical (unpaired) electrons. The van der Waals surface area contributed by atoms with Crippen LogP contribution in [0, 0.1) is 5.92 Å². The van der Waals surface area contributed by atoms with E-state index in [-0.39, 0.29) is 18.2 Å². The predicted octanol–water partition coefficient (Wildman–Crippen LogP) is 0.890. The Morgan fingerprint density at radius 2 is 2.05 bits per heavy atom. The van der Waals surface area contributed by atoms with Crippen LogP contribution in [0.1, 0.15) is 24.8 Å². The van der Waals surface area contributed by atoms with E-state index < -0.39 is 0 Å². The van der Waals surface area contributed by atoms with Gasteiger partial charge in [-0.3, -0.25) is 9.59 Å². The molecule has 5 nitrogen and oxygen atoms in total. The van der Waals surface area contributed by atoms with Crippen molar-refractivity contribution in [2.75, 3.05) is 19.6 Å². The molecule has 1 unspecified atom stereocenters. The van der Waals surface area contributed by atoms with Crippen molar-refractivity contribution in [2.45, 2.75) is 25.8 Å². The van der Waals surface area contributed by atoms with Gasteiger partial charge in [-0.2, -0.15) is 0 Å². The summed E-state index contributed by atoms with van der Waals surface area (Å²) in [6.45, 7) is 2.81. The van der Waals surface area contributed by atoms with E-state index in [4.69, 9.17) is 5.73 Å². The van der Waals surface area contributed by atoms with E-state index in [0.717, 1.165) is 25.1 Å². The molecule has 0 aromatic heterocycles. The highest BCUT2D eigenvalue weighted by Crippen LogP contribution is 2.15. The van der Waals surface area contributed by atoms with Gasteiger partial charge >= 0.3 is 0 Å². The molecule has 1 aliphatic heterocycles. The van der Waals surface area contributed by atoms with E-state index in [9.17, 15) is 9.59 Å². The molecule has 1 aliphatic rings. The normalized spacial score (nSPS) is 17.6. The molecule has 2 rings (SSSR count). The maximum Gasteiger partial charge on any atom is 0.223 e. The smallest absolute Gasteiger partial charge is 0.223 e. The zero-order chi connectivity index (χ0) is 15.1. The Hall–Kier alpha value is -1.88. The Kier molecular flexibility index (Phi) is 5.75. The van der Waals surface area contributed by atoms with Crippen molar-refractivity contribution in [1.29, 1.82) is 0 Å². The molecular weight excluding hydrogens is 266 g/mol. The van der Waals surface area contributed by atoms with Crippen LogP contribution in [-0.2, 0) is 16.1 Å². The number of nitrogens with zero attached hydrogens (tertiary/aromatic N) is 1. The van der Waals surface area contributed by atoms with Crippen LogP contribution < -0.4 is 11.1 Å². The Balaban J connectivity index is 1.96. The molecule has 3 N–H and O–H groups in total. The summed E-state index contributed by atoms with van der Waals surface area (Å²) in [4.78, 5) is 25.2. The minimum atomic E-state index is -0.372. The first-order chi connectivity index (χ1) is 10.1. The summed E-state index contributed by atoms with van der Waals surface area (Å²) < 4.78 is 0. The summed E-state index contributed by atoms with van der Waals surface area (Å²) in [7, 11) is 0. The van der Waals surface area contributed by atoms with Crippen LogP contribution in [0.4, 0.5) is 0 Å². The Morgan fingerprint density at radius 3 is 2.67 bits per heavy atom. The molecule has 0 saturated carbocycles. The number of rotatable bonds is 7. The fraction of sp³-hybridized carbons (Fsp3) is 0.500. The van der Waals surface area contributed by atoms with Gasteiger partial charge in [-0.15, -0.1) is 0 Å². The van der Waals surface area contributed by atoms with Crippen molar-refractivity contribution in [3.05, 3.63) is 35.9 Å². The van der Waals surface area contributed by atoms with Crippen molar-refractivity contribution >= 4 is 11.8 Å². The minimum absolute atomic E-state index is 0.105. The topological polar surface area (TPSA) is 75.4 Å². The molecule has 1 heterocycles. The van der Waals surface area contributed by atoms with Gasteiger partial charge in [0.2, 0.25) is 11.8 Å². The number of carbonyl (C=O) groups is 2. The Labute approximate surface area is 125 Å². The highest BCUT2D eigenvalue weighted by molar-refractivity contribution is 5.78. The summed E-state index contributed by atoms with van der Waals surface area (Å²) in [6.07, 6.45) is 1.79. The van der Waals surface area contributed by atoms with E-state index in [1.807, 2.05) is 30.3 Å². The second-order valence-electron chi connectivity index (χ2n) is 5.58. The third-order valence-electron chi connectivity index (χ3n) is 3.82. The third-order valence-corrected chi connectivity index (χ3v) is 3.82. The van der Waals surface area contributed by atoms with Crippen LogP contribution >= 0.6 is 0 Å². The molecule has 1 aromatic carbocycles. The SMILES string of the molecule is NC(=O)CCN(Cc1ccccc1)C(=O)CC1CCNC1. The van der Waals surface area contributed by atoms with Gasteiger partial charge in [-0.1, -0.05) is 30.3 Å². The number of hydrogen-bond acceptors (Lipinski definition) is 3. The van der Waals surface area contributed by atoms with Gasteiger partial charge in [0.1, 0.15) is 0 Å². The molecule has 1 saturated heterocycles. The first-order valence-corrected chi connectivity index (χ1v) is 7.46. The summed E-state index contributed by atoms with van der Waals surface area (Å²) in [5, 5.41) is 3.27. The number of amides is 2. The van der Waals surface area contributed by atoms with Crippen molar-refractivity contribution in [1.82, 2.24) is 10.2 Å². The highest BCUT2D eigenvalue weighted by atomic mass is 16.2. The summed E-state index contributed by atoms with van der Waals surface area (Å²) in [5.74, 6) is 0.140. The lowest BCUT2D eigenvalue weighted by Gasteiger charge is -2.23. The zero-order valence-corrected chi connectivity index (χ0v) is 12.3. The molecule has 0 aliphatic carbocycles.